The number of hydrogen-bond acceptors (Lipinski definition) is 16. The fourth-order valence-electron chi connectivity index (χ4n) is 10.6. The van der Waals surface area contributed by atoms with Crippen LogP contribution in [0.4, 0.5) is 0 Å². The molecule has 0 saturated carbocycles. The van der Waals surface area contributed by atoms with Crippen LogP contribution in [0.2, 0.25) is 0 Å². The molecule has 33 heteroatoms. The Balaban J connectivity index is 1.47. The van der Waals surface area contributed by atoms with Crippen LogP contribution in [0.15, 0.2) is 70.9 Å². The number of nitrogens with zero attached hydrogens (tertiary/aromatic N) is 5. The number of aliphatic imine (C=N–C) groups is 1. The van der Waals surface area contributed by atoms with Gasteiger partial charge in [0.1, 0.15) is 54.4 Å². The summed E-state index contributed by atoms with van der Waals surface area (Å²) in [5.41, 5.74) is 32.9. The van der Waals surface area contributed by atoms with Crippen LogP contribution in [0.3, 0.4) is 0 Å². The molecule has 9 atom stereocenters. The number of amides is 11. The maximum Gasteiger partial charge on any atom is 0.326 e. The minimum Gasteiger partial charge on any atom is -0.480 e. The summed E-state index contributed by atoms with van der Waals surface area (Å²) in [6, 6.07) is 4.72. The molecule has 3 aromatic rings. The van der Waals surface area contributed by atoms with Gasteiger partial charge in [0.05, 0.1) is 19.6 Å². The number of aromatic amines is 1. The first kappa shape index (κ1) is 78.6. The van der Waals surface area contributed by atoms with E-state index in [9.17, 15) is 62.6 Å². The molecule has 526 valence electrons. The van der Waals surface area contributed by atoms with E-state index in [0.29, 0.717) is 49.8 Å². The molecule has 1 saturated heterocycles. The second-order valence-electron chi connectivity index (χ2n) is 24.2. The first-order valence-electron chi connectivity index (χ1n) is 32.3. The molecule has 2 heterocycles. The van der Waals surface area contributed by atoms with Gasteiger partial charge in [0, 0.05) is 47.9 Å². The van der Waals surface area contributed by atoms with Gasteiger partial charge in [0.2, 0.25) is 65.0 Å². The molecule has 1 aliphatic heterocycles. The van der Waals surface area contributed by atoms with Crippen molar-refractivity contribution in [3.63, 3.8) is 0 Å². The number of aromatic nitrogens is 1. The Morgan fingerprint density at radius 2 is 1.21 bits per heavy atom. The van der Waals surface area contributed by atoms with E-state index < -0.39 is 151 Å². The van der Waals surface area contributed by atoms with Crippen molar-refractivity contribution in [3.8, 4) is 0 Å². The summed E-state index contributed by atoms with van der Waals surface area (Å²) in [7, 11) is 0. The van der Waals surface area contributed by atoms with E-state index in [1.54, 1.807) is 56.4 Å². The van der Waals surface area contributed by atoms with Crippen LogP contribution in [0, 0.1) is 11.8 Å². The molecule has 96 heavy (non-hydrogen) atoms. The zero-order valence-corrected chi connectivity index (χ0v) is 55.2. The normalized spacial score (nSPS) is 15.1. The maximum absolute atomic E-state index is 15.0. The number of unbranched alkanes of at least 4 members (excludes halogenated alkanes) is 2. The number of benzene rings is 2. The van der Waals surface area contributed by atoms with E-state index in [0.717, 1.165) is 10.9 Å². The van der Waals surface area contributed by atoms with Gasteiger partial charge < -0.3 is 91.1 Å². The molecule has 1 aromatic heterocycles. The van der Waals surface area contributed by atoms with E-state index in [4.69, 9.17) is 28.5 Å². The monoisotopic (exact) mass is 1340 g/mol. The Labute approximate surface area is 557 Å². The smallest absolute Gasteiger partial charge is 0.326 e. The molecule has 9 unspecified atom stereocenters. The lowest BCUT2D eigenvalue weighted by Crippen LogP contribution is -2.60. The molecule has 11 amide bonds. The summed E-state index contributed by atoms with van der Waals surface area (Å²) in [6.07, 6.45) is 4.56. The highest BCUT2D eigenvalue weighted by molar-refractivity contribution is 5.99. The van der Waals surface area contributed by atoms with Crippen molar-refractivity contribution in [2.24, 2.45) is 44.9 Å². The van der Waals surface area contributed by atoms with Gasteiger partial charge in [-0.15, -0.1) is 0 Å². The summed E-state index contributed by atoms with van der Waals surface area (Å²) >= 11 is 0. The zero-order chi connectivity index (χ0) is 70.9. The largest absolute Gasteiger partial charge is 0.480 e. The van der Waals surface area contributed by atoms with E-state index in [1.165, 1.54) is 11.8 Å². The van der Waals surface area contributed by atoms with Crippen molar-refractivity contribution in [2.45, 2.75) is 172 Å². The number of rotatable bonds is 42. The van der Waals surface area contributed by atoms with Crippen molar-refractivity contribution in [1.29, 1.82) is 0 Å². The standard InChI is InChI=1S/C63H96N20O13/c1-36(2)29-46(57(90)78-47(30-39-17-7-6-8-18-39)58(91)80-53(37(3)4)60(93)76-45(62(95)96)23-15-27-69-63(66)67)77-54(87)38(5)74-59(92)49-24-16-28-83(49)61(94)48(31-40-32-70-42-20-10-9-19-41(40)42)79-56(89)43(21-11-13-25-64)75-52(86)35-72-50(84)33-71-51(85)34-73-55(88)44(81-82-68)22-12-14-26-65/h6-10,17-20,32,36-38,43-49,53,70H,11-16,21-31,33-35,64-65H2,1-5H3,(H,71,85)(H,72,84)(H,73,88)(H,74,92)(H,75,86)(H,76,93)(H,77,87)(H,78,90)(H,79,89)(H,80,91)(H,95,96)(H4,66,67,69). The summed E-state index contributed by atoms with van der Waals surface area (Å²) in [5.74, 6) is -10.5. The Hall–Kier alpha value is -9.88. The Morgan fingerprint density at radius 1 is 0.625 bits per heavy atom. The maximum atomic E-state index is 15.0. The van der Waals surface area contributed by atoms with Gasteiger partial charge in [0.25, 0.3) is 0 Å². The highest BCUT2D eigenvalue weighted by Gasteiger charge is 2.40. The minimum atomic E-state index is -1.34. The molecule has 33 nitrogen and oxygen atoms in total. The highest BCUT2D eigenvalue weighted by atomic mass is 16.4. The average Bonchev–Trinajstić information content (AvgIpc) is 1.68. The lowest BCUT2D eigenvalue weighted by molar-refractivity contribution is -0.143. The third-order valence-corrected chi connectivity index (χ3v) is 15.7. The number of aliphatic carboxylic acids is 1. The van der Waals surface area contributed by atoms with Gasteiger partial charge in [-0.25, -0.2) is 4.79 Å². The number of carboxylic acids is 1. The van der Waals surface area contributed by atoms with Gasteiger partial charge >= 0.3 is 5.97 Å². The summed E-state index contributed by atoms with van der Waals surface area (Å²) < 4.78 is 0. The minimum absolute atomic E-state index is 0.0246. The van der Waals surface area contributed by atoms with Gasteiger partial charge in [-0.1, -0.05) is 87.8 Å². The number of carboxylic acid groups (broad SMARTS) is 1. The Morgan fingerprint density at radius 3 is 1.84 bits per heavy atom. The molecule has 0 aliphatic carbocycles. The second kappa shape index (κ2) is 41.1. The number of fused-ring (bicyclic) bond motifs is 1. The molecule has 20 N–H and O–H groups in total. The van der Waals surface area contributed by atoms with Crippen LogP contribution in [-0.4, -0.2) is 192 Å². The number of para-hydroxylation sites is 1. The van der Waals surface area contributed by atoms with Crippen molar-refractivity contribution < 1.29 is 62.6 Å². The Kier molecular flexibility index (Phi) is 33.6. The highest BCUT2D eigenvalue weighted by Crippen LogP contribution is 2.24. The van der Waals surface area contributed by atoms with Crippen molar-refractivity contribution in [2.75, 3.05) is 45.8 Å². The van der Waals surface area contributed by atoms with Crippen LogP contribution in [0.25, 0.3) is 21.3 Å². The molecule has 1 fully saturated rings. The number of guanidine groups is 1. The molecular formula is C63H96N20O13. The predicted molar refractivity (Wildman–Crippen MR) is 356 cm³/mol. The lowest BCUT2D eigenvalue weighted by Gasteiger charge is -2.31. The fraction of sp³-hybridized carbons (Fsp3) is 0.571. The third-order valence-electron chi connectivity index (χ3n) is 15.7. The van der Waals surface area contributed by atoms with Gasteiger partial charge in [0.15, 0.2) is 5.96 Å². The second-order valence-corrected chi connectivity index (χ2v) is 24.2. The van der Waals surface area contributed by atoms with Crippen molar-refractivity contribution in [1.82, 2.24) is 63.1 Å². The topological polar surface area (TPSA) is 530 Å². The number of nitrogens with one attached hydrogen (secondary N) is 11. The first-order chi connectivity index (χ1) is 45.8. The molecule has 0 spiro atoms. The lowest BCUT2D eigenvalue weighted by atomic mass is 9.99. The van der Waals surface area contributed by atoms with Gasteiger partial charge in [-0.3, -0.25) is 57.7 Å². The average molecular weight is 1340 g/mol. The zero-order valence-electron chi connectivity index (χ0n) is 55.2. The number of carbonyl (C=O) groups excluding carboxylic acids is 11. The number of azide groups is 1. The summed E-state index contributed by atoms with van der Waals surface area (Å²) in [4.78, 5) is 174. The quantitative estimate of drug-likeness (QED) is 0.00765. The van der Waals surface area contributed by atoms with Crippen LogP contribution in [0.1, 0.15) is 116 Å². The summed E-state index contributed by atoms with van der Waals surface area (Å²) in [5, 5.41) is 39.9. The van der Waals surface area contributed by atoms with Gasteiger partial charge in [-0.05, 0) is 119 Å². The van der Waals surface area contributed by atoms with Crippen molar-refractivity contribution >= 4 is 87.8 Å². The summed E-state index contributed by atoms with van der Waals surface area (Å²) in [6.45, 7) is 7.39. The molecule has 0 radical (unpaired) electrons. The van der Waals surface area contributed by atoms with Crippen molar-refractivity contribution in [3.05, 3.63) is 82.4 Å². The third kappa shape index (κ3) is 26.9. The Bertz CT molecular complexity index is 3210. The fourth-order valence-corrected chi connectivity index (χ4v) is 10.6. The molecule has 2 aromatic carbocycles. The molecule has 1 aliphatic rings. The molecular weight excluding hydrogens is 1240 g/mol. The van der Waals surface area contributed by atoms with Crippen LogP contribution in [-0.2, 0) is 70.4 Å². The predicted octanol–water partition coefficient (Wildman–Crippen LogP) is -1.52. The van der Waals surface area contributed by atoms with E-state index in [1.807, 2.05) is 32.0 Å². The van der Waals surface area contributed by atoms with E-state index in [2.05, 4.69) is 73.2 Å². The number of nitrogens with two attached hydrogens (primary N) is 4. The van der Waals surface area contributed by atoms with Crippen LogP contribution < -0.4 is 76.1 Å². The van der Waals surface area contributed by atoms with Crippen LogP contribution >= 0.6 is 0 Å². The first-order valence-corrected chi connectivity index (χ1v) is 32.3. The number of carbonyl (C=O) groups is 12. The SMILES string of the molecule is CC(C)CC(NC(=O)C(C)NC(=O)C1CCCN1C(=O)C(Cc1c[nH]c2ccccc12)NC(=O)C(CCCCN)NC(=O)CNC(=O)CNC(=O)CNC(=O)C(CCCCN)N=[N+]=[N-])C(=O)NC(Cc1ccccc1)C(=O)NC(C(=O)NC(CCCN=C(N)N)C(=O)O)C(C)C. The van der Waals surface area contributed by atoms with E-state index in [-0.39, 0.29) is 82.9 Å². The van der Waals surface area contributed by atoms with Crippen LogP contribution in [0.5, 0.6) is 0 Å². The number of H-pyrrole nitrogens is 1. The molecule has 0 bridgehead atoms. The number of hydrogen-bond donors (Lipinski definition) is 16. The molecule has 4 rings (SSSR count). The van der Waals surface area contributed by atoms with E-state index >= 15 is 0 Å². The number of likely N-dealkylation sites (tertiary alicyclic amines) is 1. The van der Waals surface area contributed by atoms with Gasteiger partial charge in [-0.2, -0.15) is 0 Å².